The second kappa shape index (κ2) is 14.2. The lowest BCUT2D eigenvalue weighted by molar-refractivity contribution is 0.501. The predicted molar refractivity (Wildman–Crippen MR) is 158 cm³/mol. The molecule has 0 aromatic heterocycles. The van der Waals surface area contributed by atoms with Crippen molar-refractivity contribution >= 4 is 0 Å². The first-order valence-corrected chi connectivity index (χ1v) is 14.6. The van der Waals surface area contributed by atoms with Crippen LogP contribution in [0.1, 0.15) is 87.0 Å². The zero-order valence-corrected chi connectivity index (χ0v) is 23.1. The van der Waals surface area contributed by atoms with Crippen molar-refractivity contribution in [3.8, 4) is 11.1 Å². The van der Waals surface area contributed by atoms with E-state index in [1.807, 2.05) is 24.3 Å². The average Bonchev–Trinajstić information content (AvgIpc) is 2.95. The Bertz CT molecular complexity index is 1200. The molecule has 0 radical (unpaired) electrons. The zero-order valence-electron chi connectivity index (χ0n) is 23.1. The normalized spacial score (nSPS) is 17.4. The van der Waals surface area contributed by atoms with Crippen molar-refractivity contribution in [2.24, 2.45) is 5.92 Å². The number of hydrogen-bond acceptors (Lipinski definition) is 0. The summed E-state index contributed by atoms with van der Waals surface area (Å²) in [7, 11) is 0. The molecule has 2 atom stereocenters. The second-order valence-electron chi connectivity index (χ2n) is 10.7. The van der Waals surface area contributed by atoms with E-state index in [0.717, 1.165) is 31.2 Å². The predicted octanol–water partition coefficient (Wildman–Crippen LogP) is 10.6. The maximum Gasteiger partial charge on any atom is 0.166 e. The zero-order chi connectivity index (χ0) is 26.7. The number of aryl methyl sites for hydroxylation is 3. The van der Waals surface area contributed by atoms with E-state index in [1.165, 1.54) is 42.4 Å². The van der Waals surface area contributed by atoms with E-state index in [-0.39, 0.29) is 0 Å². The standard InChI is InChI=1S/C36H42F2/c1-3-5-6-10-28-13-19-30(20-14-28)31-21-15-29(16-22-31)11-7-8-12-33-25-26-34(36(38)35(33)37)32-23-17-27(9-4-2)18-24-32/h7,11,13-15,17-21,23-26,29,31H,3-6,8-10,12,16,22H2,1-2H3/b11-7+. The van der Waals surface area contributed by atoms with Crippen molar-refractivity contribution in [1.29, 1.82) is 0 Å². The SMILES string of the molecule is CCCCCc1ccc(C2C=CC(/C=C/CCc3ccc(-c4ccc(CCC)cc4)c(F)c3F)CC2)cc1. The second-order valence-corrected chi connectivity index (χ2v) is 10.7. The summed E-state index contributed by atoms with van der Waals surface area (Å²) in [6.45, 7) is 4.38. The molecule has 3 aromatic carbocycles. The van der Waals surface area contributed by atoms with Crippen LogP contribution in [0.15, 0.2) is 85.0 Å². The molecular formula is C36H42F2. The number of allylic oxidation sites excluding steroid dienone is 4. The number of unbranched alkanes of at least 4 members (excludes halogenated alkanes) is 2. The van der Waals surface area contributed by atoms with Gasteiger partial charge in [0.05, 0.1) is 0 Å². The highest BCUT2D eigenvalue weighted by Gasteiger charge is 2.16. The van der Waals surface area contributed by atoms with Gasteiger partial charge in [-0.15, -0.1) is 0 Å². The molecule has 2 unspecified atom stereocenters. The van der Waals surface area contributed by atoms with Gasteiger partial charge in [0.2, 0.25) is 0 Å². The van der Waals surface area contributed by atoms with Gasteiger partial charge in [-0.2, -0.15) is 0 Å². The van der Waals surface area contributed by atoms with E-state index in [1.54, 1.807) is 12.1 Å². The summed E-state index contributed by atoms with van der Waals surface area (Å²) < 4.78 is 29.7. The lowest BCUT2D eigenvalue weighted by Crippen LogP contribution is -2.06. The van der Waals surface area contributed by atoms with Crippen molar-refractivity contribution in [3.05, 3.63) is 119 Å². The lowest BCUT2D eigenvalue weighted by Gasteiger charge is -2.21. The molecule has 0 aliphatic heterocycles. The molecule has 0 fully saturated rings. The maximum atomic E-state index is 14.9. The van der Waals surface area contributed by atoms with E-state index in [9.17, 15) is 8.78 Å². The smallest absolute Gasteiger partial charge is 0.166 e. The minimum atomic E-state index is -0.745. The number of rotatable bonds is 12. The molecule has 0 saturated heterocycles. The van der Waals surface area contributed by atoms with Crippen LogP contribution in [-0.4, -0.2) is 0 Å². The molecule has 0 saturated carbocycles. The summed E-state index contributed by atoms with van der Waals surface area (Å²) in [5.41, 5.74) is 5.55. The molecule has 1 aliphatic rings. The number of halogens is 2. The van der Waals surface area contributed by atoms with Gasteiger partial charge in [-0.3, -0.25) is 0 Å². The Morgan fingerprint density at radius 3 is 2.13 bits per heavy atom. The fourth-order valence-electron chi connectivity index (χ4n) is 5.45. The van der Waals surface area contributed by atoms with Crippen LogP contribution in [0.2, 0.25) is 0 Å². The average molecular weight is 513 g/mol. The van der Waals surface area contributed by atoms with Crippen LogP contribution >= 0.6 is 0 Å². The molecule has 3 aromatic rings. The Hall–Kier alpha value is -3.00. The van der Waals surface area contributed by atoms with Crippen LogP contribution < -0.4 is 0 Å². The third kappa shape index (κ3) is 7.53. The van der Waals surface area contributed by atoms with Gasteiger partial charge in [0.1, 0.15) is 0 Å². The van der Waals surface area contributed by atoms with Gasteiger partial charge in [0, 0.05) is 11.5 Å². The van der Waals surface area contributed by atoms with E-state index in [4.69, 9.17) is 0 Å². The highest BCUT2D eigenvalue weighted by molar-refractivity contribution is 5.65. The first kappa shape index (κ1) is 28.0. The Kier molecular flexibility index (Phi) is 10.5. The minimum Gasteiger partial charge on any atom is -0.203 e. The lowest BCUT2D eigenvalue weighted by atomic mass is 9.84. The van der Waals surface area contributed by atoms with Crippen LogP contribution in [0, 0.1) is 17.6 Å². The molecule has 0 nitrogen and oxygen atoms in total. The van der Waals surface area contributed by atoms with Gasteiger partial charge >= 0.3 is 0 Å². The van der Waals surface area contributed by atoms with Gasteiger partial charge in [0.15, 0.2) is 11.6 Å². The quantitative estimate of drug-likeness (QED) is 0.167. The van der Waals surface area contributed by atoms with E-state index >= 15 is 0 Å². The number of hydrogen-bond donors (Lipinski definition) is 0. The fourth-order valence-corrected chi connectivity index (χ4v) is 5.45. The van der Waals surface area contributed by atoms with Crippen molar-refractivity contribution in [3.63, 3.8) is 0 Å². The van der Waals surface area contributed by atoms with Crippen LogP contribution in [0.5, 0.6) is 0 Å². The van der Waals surface area contributed by atoms with Gasteiger partial charge in [-0.05, 0) is 78.7 Å². The third-order valence-corrected chi connectivity index (χ3v) is 7.81. The number of benzene rings is 3. The molecule has 4 rings (SSSR count). The van der Waals surface area contributed by atoms with Crippen LogP contribution in [-0.2, 0) is 19.3 Å². The van der Waals surface area contributed by atoms with Gasteiger partial charge < -0.3 is 0 Å². The summed E-state index contributed by atoms with van der Waals surface area (Å²) >= 11 is 0. The van der Waals surface area contributed by atoms with E-state index < -0.39 is 11.6 Å². The highest BCUT2D eigenvalue weighted by atomic mass is 19.2. The van der Waals surface area contributed by atoms with Crippen LogP contribution in [0.3, 0.4) is 0 Å². The summed E-state index contributed by atoms with van der Waals surface area (Å²) in [6, 6.07) is 20.4. The summed E-state index contributed by atoms with van der Waals surface area (Å²) in [6.07, 6.45) is 19.5. The molecule has 1 aliphatic carbocycles. The summed E-state index contributed by atoms with van der Waals surface area (Å²) in [5, 5.41) is 0. The van der Waals surface area contributed by atoms with Crippen molar-refractivity contribution < 1.29 is 8.78 Å². The van der Waals surface area contributed by atoms with Crippen LogP contribution in [0.25, 0.3) is 11.1 Å². The van der Waals surface area contributed by atoms with Crippen molar-refractivity contribution in [2.45, 2.75) is 84.0 Å². The third-order valence-electron chi connectivity index (χ3n) is 7.81. The molecule has 0 heterocycles. The van der Waals surface area contributed by atoms with Crippen molar-refractivity contribution in [1.82, 2.24) is 0 Å². The van der Waals surface area contributed by atoms with Crippen LogP contribution in [0.4, 0.5) is 8.78 Å². The van der Waals surface area contributed by atoms with E-state index in [2.05, 4.69) is 62.4 Å². The highest BCUT2D eigenvalue weighted by Crippen LogP contribution is 2.32. The Balaban J connectivity index is 1.27. The molecule has 200 valence electrons. The molecule has 0 bridgehead atoms. The molecule has 0 spiro atoms. The molecule has 38 heavy (non-hydrogen) atoms. The van der Waals surface area contributed by atoms with E-state index in [0.29, 0.717) is 35.8 Å². The molecule has 2 heteroatoms. The maximum absolute atomic E-state index is 14.9. The molecular weight excluding hydrogens is 470 g/mol. The summed E-state index contributed by atoms with van der Waals surface area (Å²) in [5.74, 6) is -0.558. The van der Waals surface area contributed by atoms with Gasteiger partial charge in [-0.1, -0.05) is 118 Å². The Morgan fingerprint density at radius 1 is 0.711 bits per heavy atom. The molecule has 0 amide bonds. The topological polar surface area (TPSA) is 0 Å². The first-order valence-electron chi connectivity index (χ1n) is 14.6. The van der Waals surface area contributed by atoms with Gasteiger partial charge in [0.25, 0.3) is 0 Å². The largest absolute Gasteiger partial charge is 0.203 e. The monoisotopic (exact) mass is 512 g/mol. The Labute approximate surface area is 228 Å². The Morgan fingerprint density at radius 2 is 1.45 bits per heavy atom. The first-order chi connectivity index (χ1) is 18.6. The summed E-state index contributed by atoms with van der Waals surface area (Å²) in [4.78, 5) is 0. The molecule has 0 N–H and O–H groups in total. The van der Waals surface area contributed by atoms with Gasteiger partial charge in [-0.25, -0.2) is 8.78 Å². The van der Waals surface area contributed by atoms with Crippen molar-refractivity contribution in [2.75, 3.05) is 0 Å². The fraction of sp³-hybridized carbons (Fsp3) is 0.389. The minimum absolute atomic E-state index is 0.331.